The number of halogens is 5. The number of hydrogen-bond acceptors (Lipinski definition) is 4. The summed E-state index contributed by atoms with van der Waals surface area (Å²) in [6, 6.07) is 5.24. The molecule has 2 heterocycles. The average molecular weight is 393 g/mol. The summed E-state index contributed by atoms with van der Waals surface area (Å²) in [4.78, 5) is 4.91. The number of oxime groups is 1. The number of alkyl halides is 3. The van der Waals surface area contributed by atoms with Crippen molar-refractivity contribution in [2.24, 2.45) is 10.9 Å². The van der Waals surface area contributed by atoms with Crippen LogP contribution in [0.15, 0.2) is 33.8 Å². The Labute approximate surface area is 151 Å². The Kier molecular flexibility index (Phi) is 4.51. The Hall–Kier alpha value is -1.70. The van der Waals surface area contributed by atoms with E-state index in [1.807, 2.05) is 0 Å². The summed E-state index contributed by atoms with van der Waals surface area (Å²) in [5, 5.41) is 3.77. The van der Waals surface area contributed by atoms with E-state index < -0.39 is 18.2 Å². The predicted octanol–water partition coefficient (Wildman–Crippen LogP) is 4.94. The number of hydrogen-bond donors (Lipinski definition) is 1. The van der Waals surface area contributed by atoms with E-state index >= 15 is 0 Å². The number of nitrogens with zero attached hydrogens (tertiary/aromatic N) is 1. The van der Waals surface area contributed by atoms with Crippen LogP contribution < -0.4 is 5.73 Å². The molecule has 0 amide bonds. The number of furan rings is 1. The number of nitrogens with two attached hydrogens (primary N) is 1. The van der Waals surface area contributed by atoms with E-state index in [1.165, 1.54) is 6.07 Å². The van der Waals surface area contributed by atoms with Crippen molar-refractivity contribution in [2.45, 2.75) is 31.7 Å². The second-order valence-corrected chi connectivity index (χ2v) is 6.56. The van der Waals surface area contributed by atoms with Crippen LogP contribution >= 0.6 is 23.2 Å². The van der Waals surface area contributed by atoms with Crippen LogP contribution in [0.4, 0.5) is 13.2 Å². The molecule has 1 aliphatic rings. The summed E-state index contributed by atoms with van der Waals surface area (Å²) in [7, 11) is 0. The van der Waals surface area contributed by atoms with Gasteiger partial charge in [-0.2, -0.15) is 13.2 Å². The molecule has 1 aromatic carbocycles. The van der Waals surface area contributed by atoms with Crippen LogP contribution in [0.25, 0.3) is 0 Å². The van der Waals surface area contributed by atoms with Gasteiger partial charge in [-0.05, 0) is 31.2 Å². The van der Waals surface area contributed by atoms with Crippen molar-refractivity contribution < 1.29 is 22.4 Å². The molecule has 4 nitrogen and oxygen atoms in total. The van der Waals surface area contributed by atoms with Crippen LogP contribution in [0.3, 0.4) is 0 Å². The molecular weight excluding hydrogens is 380 g/mol. The molecule has 2 N–H and O–H groups in total. The van der Waals surface area contributed by atoms with Gasteiger partial charge in [0.15, 0.2) is 5.76 Å². The normalized spacial score (nSPS) is 20.5. The van der Waals surface area contributed by atoms with Crippen molar-refractivity contribution in [1.82, 2.24) is 0 Å². The van der Waals surface area contributed by atoms with E-state index in [0.717, 1.165) is 12.1 Å². The largest absolute Gasteiger partial charge is 0.460 e. The number of aryl methyl sites for hydroxylation is 1. The highest BCUT2D eigenvalue weighted by molar-refractivity contribution is 6.34. The zero-order chi connectivity index (χ0) is 18.4. The SMILES string of the molecule is Cc1oc(C2=NOC(c3cc(Cl)cc(Cl)c3)(C(F)(F)F)C2)cc1CN. The van der Waals surface area contributed by atoms with Gasteiger partial charge in [-0.25, -0.2) is 0 Å². The topological polar surface area (TPSA) is 60.8 Å². The molecule has 25 heavy (non-hydrogen) atoms. The molecule has 1 atom stereocenters. The molecule has 134 valence electrons. The highest BCUT2D eigenvalue weighted by Crippen LogP contribution is 2.49. The van der Waals surface area contributed by atoms with E-state index in [9.17, 15) is 13.2 Å². The summed E-state index contributed by atoms with van der Waals surface area (Å²) < 4.78 is 47.1. The van der Waals surface area contributed by atoms with Gasteiger partial charge >= 0.3 is 6.18 Å². The van der Waals surface area contributed by atoms with E-state index in [-0.39, 0.29) is 33.6 Å². The van der Waals surface area contributed by atoms with Crippen molar-refractivity contribution in [2.75, 3.05) is 0 Å². The molecule has 0 fully saturated rings. The minimum atomic E-state index is -4.75. The first-order valence-electron chi connectivity index (χ1n) is 7.24. The minimum Gasteiger partial charge on any atom is -0.460 e. The first kappa shape index (κ1) is 18.1. The van der Waals surface area contributed by atoms with Crippen molar-refractivity contribution in [1.29, 1.82) is 0 Å². The maximum absolute atomic E-state index is 13.9. The summed E-state index contributed by atoms with van der Waals surface area (Å²) in [5.74, 6) is 0.715. The maximum atomic E-state index is 13.9. The molecule has 1 unspecified atom stereocenters. The van der Waals surface area contributed by atoms with Gasteiger partial charge in [-0.1, -0.05) is 28.4 Å². The van der Waals surface area contributed by atoms with Gasteiger partial charge in [0.2, 0.25) is 0 Å². The van der Waals surface area contributed by atoms with E-state index in [4.69, 9.17) is 38.2 Å². The predicted molar refractivity (Wildman–Crippen MR) is 87.8 cm³/mol. The van der Waals surface area contributed by atoms with E-state index in [1.54, 1.807) is 13.0 Å². The van der Waals surface area contributed by atoms with E-state index in [0.29, 0.717) is 11.3 Å². The standard InChI is InChI=1S/C16H13Cl2F3N2O2/c1-8-9(7-22)2-14(24-8)13-6-15(25-23-13,16(19,20)21)10-3-11(17)5-12(18)4-10/h2-5H,6-7,22H2,1H3. The van der Waals surface area contributed by atoms with Crippen molar-refractivity contribution in [3.8, 4) is 0 Å². The molecule has 3 rings (SSSR count). The highest BCUT2D eigenvalue weighted by atomic mass is 35.5. The molecule has 0 radical (unpaired) electrons. The Balaban J connectivity index is 2.03. The molecule has 0 bridgehead atoms. The van der Waals surface area contributed by atoms with Crippen molar-refractivity contribution in [3.63, 3.8) is 0 Å². The fraction of sp³-hybridized carbons (Fsp3) is 0.312. The lowest BCUT2D eigenvalue weighted by atomic mass is 9.87. The quantitative estimate of drug-likeness (QED) is 0.804. The van der Waals surface area contributed by atoms with Gasteiger partial charge < -0.3 is 15.0 Å². The third-order valence-electron chi connectivity index (χ3n) is 4.04. The molecule has 1 aliphatic heterocycles. The summed E-state index contributed by atoms with van der Waals surface area (Å²) in [5.41, 5.74) is 3.39. The lowest BCUT2D eigenvalue weighted by Crippen LogP contribution is -2.42. The van der Waals surface area contributed by atoms with E-state index in [2.05, 4.69) is 5.16 Å². The Bertz CT molecular complexity index is 828. The molecule has 2 aromatic rings. The third kappa shape index (κ3) is 3.12. The third-order valence-corrected chi connectivity index (χ3v) is 4.48. The van der Waals surface area contributed by atoms with Gasteiger partial charge in [-0.15, -0.1) is 0 Å². The van der Waals surface area contributed by atoms with Crippen LogP contribution in [0, 0.1) is 6.92 Å². The van der Waals surface area contributed by atoms with Crippen molar-refractivity contribution in [3.05, 3.63) is 57.0 Å². The second-order valence-electron chi connectivity index (χ2n) is 5.69. The summed E-state index contributed by atoms with van der Waals surface area (Å²) in [6.07, 6.45) is -5.31. The number of rotatable bonds is 3. The molecular formula is C16H13Cl2F3N2O2. The van der Waals surface area contributed by atoms with Gasteiger partial charge in [0.05, 0.1) is 6.42 Å². The second kappa shape index (κ2) is 6.23. The Morgan fingerprint density at radius 1 is 1.20 bits per heavy atom. The monoisotopic (exact) mass is 392 g/mol. The van der Waals surface area contributed by atoms with Crippen LogP contribution in [-0.2, 0) is 17.0 Å². The molecule has 9 heteroatoms. The first-order chi connectivity index (χ1) is 11.7. The molecule has 0 spiro atoms. The van der Waals surface area contributed by atoms with Gasteiger partial charge in [0.25, 0.3) is 5.60 Å². The summed E-state index contributed by atoms with van der Waals surface area (Å²) >= 11 is 11.7. The molecule has 0 saturated heterocycles. The van der Waals surface area contributed by atoms with Crippen molar-refractivity contribution >= 4 is 28.9 Å². The van der Waals surface area contributed by atoms with Gasteiger partial charge in [0, 0.05) is 27.7 Å². The highest BCUT2D eigenvalue weighted by Gasteiger charge is 2.62. The lowest BCUT2D eigenvalue weighted by molar-refractivity contribution is -0.275. The van der Waals surface area contributed by atoms with Crippen LogP contribution in [-0.4, -0.2) is 11.9 Å². The fourth-order valence-corrected chi connectivity index (χ4v) is 3.21. The first-order valence-corrected chi connectivity index (χ1v) is 8.00. The minimum absolute atomic E-state index is 0.0382. The molecule has 0 saturated carbocycles. The fourth-order valence-electron chi connectivity index (χ4n) is 2.69. The Morgan fingerprint density at radius 2 is 1.84 bits per heavy atom. The zero-order valence-corrected chi connectivity index (χ0v) is 14.5. The zero-order valence-electron chi connectivity index (χ0n) is 13.0. The lowest BCUT2D eigenvalue weighted by Gasteiger charge is -2.29. The summed E-state index contributed by atoms with van der Waals surface area (Å²) in [6.45, 7) is 1.88. The van der Waals surface area contributed by atoms with Crippen LogP contribution in [0.5, 0.6) is 0 Å². The molecule has 0 aliphatic carbocycles. The van der Waals surface area contributed by atoms with Gasteiger partial charge in [0.1, 0.15) is 11.5 Å². The molecule has 1 aromatic heterocycles. The average Bonchev–Trinajstić information content (AvgIpc) is 3.10. The Morgan fingerprint density at radius 3 is 2.36 bits per heavy atom. The van der Waals surface area contributed by atoms with Crippen LogP contribution in [0.2, 0.25) is 10.0 Å². The maximum Gasteiger partial charge on any atom is 0.435 e. The number of benzene rings is 1. The van der Waals surface area contributed by atoms with Crippen LogP contribution in [0.1, 0.15) is 29.1 Å². The smallest absolute Gasteiger partial charge is 0.435 e. The van der Waals surface area contributed by atoms with Gasteiger partial charge in [-0.3, -0.25) is 0 Å².